The summed E-state index contributed by atoms with van der Waals surface area (Å²) in [4.78, 5) is 12.4. The molecule has 23 heavy (non-hydrogen) atoms. The summed E-state index contributed by atoms with van der Waals surface area (Å²) in [6.07, 6.45) is 4.81. The molecule has 1 aromatic carbocycles. The number of hydrogen-bond donors (Lipinski definition) is 1. The van der Waals surface area contributed by atoms with E-state index in [1.165, 1.54) is 11.1 Å². The molecule has 0 saturated carbocycles. The van der Waals surface area contributed by atoms with Crippen LogP contribution in [0.4, 0.5) is 0 Å². The molecule has 1 unspecified atom stereocenters. The molecular formula is C18H20N2O3. The topological polar surface area (TPSA) is 64.4 Å². The van der Waals surface area contributed by atoms with E-state index in [9.17, 15) is 4.79 Å². The number of ether oxygens (including phenoxy) is 1. The molecule has 1 amide bonds. The zero-order valence-corrected chi connectivity index (χ0v) is 13.0. The normalized spacial score (nSPS) is 19.7. The van der Waals surface area contributed by atoms with Gasteiger partial charge in [0, 0.05) is 24.9 Å². The molecule has 0 radical (unpaired) electrons. The number of fused-ring (bicyclic) bond motifs is 2. The summed E-state index contributed by atoms with van der Waals surface area (Å²) < 4.78 is 11.1. The molecule has 2 aromatic rings. The maximum absolute atomic E-state index is 12.4. The lowest BCUT2D eigenvalue weighted by Crippen LogP contribution is -2.37. The molecular weight excluding hydrogens is 292 g/mol. The average molecular weight is 312 g/mol. The van der Waals surface area contributed by atoms with Crippen LogP contribution in [-0.2, 0) is 30.6 Å². The number of nitrogens with zero attached hydrogens (tertiary/aromatic N) is 1. The summed E-state index contributed by atoms with van der Waals surface area (Å²) in [5, 5.41) is 6.92. The third kappa shape index (κ3) is 2.88. The second kappa shape index (κ2) is 6.16. The van der Waals surface area contributed by atoms with E-state index in [4.69, 9.17) is 9.26 Å². The molecule has 1 aliphatic carbocycles. The van der Waals surface area contributed by atoms with Crippen LogP contribution >= 0.6 is 0 Å². The van der Waals surface area contributed by atoms with E-state index < -0.39 is 0 Å². The maximum Gasteiger partial charge on any atom is 0.273 e. The largest absolute Gasteiger partial charge is 0.371 e. The van der Waals surface area contributed by atoms with Crippen molar-refractivity contribution in [3.8, 4) is 0 Å². The molecule has 2 heterocycles. The summed E-state index contributed by atoms with van der Waals surface area (Å²) in [6.45, 7) is 1.10. The molecule has 4 rings (SSSR count). The van der Waals surface area contributed by atoms with Gasteiger partial charge in [-0.05, 0) is 30.4 Å². The maximum atomic E-state index is 12.4. The molecule has 1 atom stereocenters. The van der Waals surface area contributed by atoms with Gasteiger partial charge in [-0.25, -0.2) is 0 Å². The van der Waals surface area contributed by atoms with Crippen molar-refractivity contribution in [3.05, 3.63) is 52.4 Å². The van der Waals surface area contributed by atoms with Crippen molar-refractivity contribution in [1.29, 1.82) is 0 Å². The van der Waals surface area contributed by atoms with Gasteiger partial charge in [0.05, 0.1) is 12.7 Å². The predicted molar refractivity (Wildman–Crippen MR) is 84.2 cm³/mol. The van der Waals surface area contributed by atoms with Crippen LogP contribution in [0.2, 0.25) is 0 Å². The smallest absolute Gasteiger partial charge is 0.273 e. The van der Waals surface area contributed by atoms with Gasteiger partial charge < -0.3 is 14.6 Å². The summed E-state index contributed by atoms with van der Waals surface area (Å²) in [6, 6.07) is 8.28. The van der Waals surface area contributed by atoms with E-state index in [-0.39, 0.29) is 12.0 Å². The van der Waals surface area contributed by atoms with Gasteiger partial charge in [-0.3, -0.25) is 4.79 Å². The lowest BCUT2D eigenvalue weighted by Gasteiger charge is -2.25. The van der Waals surface area contributed by atoms with Crippen molar-refractivity contribution >= 4 is 5.91 Å². The third-order valence-electron chi connectivity index (χ3n) is 4.70. The monoisotopic (exact) mass is 312 g/mol. The van der Waals surface area contributed by atoms with Crippen LogP contribution in [0.25, 0.3) is 0 Å². The van der Waals surface area contributed by atoms with Crippen LogP contribution in [0, 0.1) is 0 Å². The Labute approximate surface area is 135 Å². The van der Waals surface area contributed by atoms with Gasteiger partial charge >= 0.3 is 0 Å². The van der Waals surface area contributed by atoms with Crippen LogP contribution in [0.1, 0.15) is 45.8 Å². The lowest BCUT2D eigenvalue weighted by molar-refractivity contribution is 0.0284. The first kappa shape index (κ1) is 14.5. The zero-order valence-electron chi connectivity index (χ0n) is 13.0. The van der Waals surface area contributed by atoms with E-state index in [0.29, 0.717) is 18.8 Å². The number of nitrogens with one attached hydrogen (secondary N) is 1. The number of amides is 1. The van der Waals surface area contributed by atoms with E-state index in [1.54, 1.807) is 0 Å². The quantitative estimate of drug-likeness (QED) is 0.945. The van der Waals surface area contributed by atoms with Crippen LogP contribution in [0.5, 0.6) is 0 Å². The van der Waals surface area contributed by atoms with Crippen molar-refractivity contribution in [3.63, 3.8) is 0 Å². The highest BCUT2D eigenvalue weighted by molar-refractivity contribution is 5.93. The average Bonchev–Trinajstić information content (AvgIpc) is 3.03. The van der Waals surface area contributed by atoms with Crippen LogP contribution in [0.3, 0.4) is 0 Å². The Kier molecular flexibility index (Phi) is 3.87. The Morgan fingerprint density at radius 2 is 2.04 bits per heavy atom. The van der Waals surface area contributed by atoms with Crippen molar-refractivity contribution in [1.82, 2.24) is 10.5 Å². The van der Waals surface area contributed by atoms with Crippen LogP contribution < -0.4 is 5.32 Å². The molecule has 2 aliphatic rings. The van der Waals surface area contributed by atoms with E-state index in [2.05, 4.69) is 22.6 Å². The number of aryl methyl sites for hydroxylation is 1. The highest BCUT2D eigenvalue weighted by Crippen LogP contribution is 2.24. The standard InChI is InChI=1S/C18H20N2O3/c21-18(17-15-7-3-4-8-16(15)23-20-17)19-10-14-9-12-5-1-2-6-13(12)11-22-14/h1-2,5-6,14H,3-4,7-11H2,(H,19,21). The van der Waals surface area contributed by atoms with Gasteiger partial charge in [-0.2, -0.15) is 0 Å². The fourth-order valence-corrected chi connectivity index (χ4v) is 3.39. The Balaban J connectivity index is 1.38. The second-order valence-corrected chi connectivity index (χ2v) is 6.26. The number of carbonyl (C=O) groups excluding carboxylic acids is 1. The van der Waals surface area contributed by atoms with E-state index in [0.717, 1.165) is 43.4 Å². The minimum absolute atomic E-state index is 0.0107. The first-order chi connectivity index (χ1) is 11.3. The fraction of sp³-hybridized carbons (Fsp3) is 0.444. The van der Waals surface area contributed by atoms with Crippen molar-refractivity contribution in [2.45, 2.75) is 44.8 Å². The third-order valence-corrected chi connectivity index (χ3v) is 4.70. The van der Waals surface area contributed by atoms with Crippen molar-refractivity contribution in [2.75, 3.05) is 6.54 Å². The summed E-state index contributed by atoms with van der Waals surface area (Å²) in [5.74, 6) is 0.726. The Morgan fingerprint density at radius 1 is 1.22 bits per heavy atom. The van der Waals surface area contributed by atoms with E-state index >= 15 is 0 Å². The predicted octanol–water partition coefficient (Wildman–Crippen LogP) is 2.42. The molecule has 0 bridgehead atoms. The number of hydrogen-bond acceptors (Lipinski definition) is 4. The molecule has 1 aromatic heterocycles. The molecule has 0 spiro atoms. The lowest BCUT2D eigenvalue weighted by atomic mass is 9.96. The Bertz CT molecular complexity index is 723. The molecule has 120 valence electrons. The first-order valence-electron chi connectivity index (χ1n) is 8.25. The van der Waals surface area contributed by atoms with Gasteiger partial charge in [0.25, 0.3) is 5.91 Å². The molecule has 1 aliphatic heterocycles. The van der Waals surface area contributed by atoms with Gasteiger partial charge in [0.1, 0.15) is 5.76 Å². The SMILES string of the molecule is O=C(NCC1Cc2ccccc2CO1)c1noc2c1CCCC2. The first-order valence-corrected chi connectivity index (χ1v) is 8.25. The van der Waals surface area contributed by atoms with Gasteiger partial charge in [-0.15, -0.1) is 0 Å². The number of carbonyl (C=O) groups is 1. The Hall–Kier alpha value is -2.14. The number of rotatable bonds is 3. The summed E-state index contributed by atoms with van der Waals surface area (Å²) >= 11 is 0. The summed E-state index contributed by atoms with van der Waals surface area (Å²) in [5.41, 5.74) is 3.98. The number of benzene rings is 1. The van der Waals surface area contributed by atoms with Crippen molar-refractivity contribution < 1.29 is 14.1 Å². The zero-order chi connectivity index (χ0) is 15.6. The van der Waals surface area contributed by atoms with E-state index in [1.807, 2.05) is 12.1 Å². The molecule has 5 nitrogen and oxygen atoms in total. The van der Waals surface area contributed by atoms with Crippen molar-refractivity contribution in [2.24, 2.45) is 0 Å². The second-order valence-electron chi connectivity index (χ2n) is 6.26. The van der Waals surface area contributed by atoms with Gasteiger partial charge in [0.15, 0.2) is 5.69 Å². The highest BCUT2D eigenvalue weighted by Gasteiger charge is 2.25. The van der Waals surface area contributed by atoms with Crippen LogP contribution in [0.15, 0.2) is 28.8 Å². The van der Waals surface area contributed by atoms with Gasteiger partial charge in [-0.1, -0.05) is 29.4 Å². The summed E-state index contributed by atoms with van der Waals surface area (Å²) in [7, 11) is 0. The molecule has 0 saturated heterocycles. The molecule has 0 fully saturated rings. The molecule has 5 heteroatoms. The minimum atomic E-state index is -0.153. The fourth-order valence-electron chi connectivity index (χ4n) is 3.39. The molecule has 1 N–H and O–H groups in total. The highest BCUT2D eigenvalue weighted by atomic mass is 16.5. The Morgan fingerprint density at radius 3 is 2.96 bits per heavy atom. The number of aromatic nitrogens is 1. The minimum Gasteiger partial charge on any atom is -0.371 e. The van der Waals surface area contributed by atoms with Crippen LogP contribution in [-0.4, -0.2) is 23.7 Å². The van der Waals surface area contributed by atoms with Gasteiger partial charge in [0.2, 0.25) is 0 Å².